The van der Waals surface area contributed by atoms with Gasteiger partial charge in [-0.3, -0.25) is 10.1 Å². The third-order valence-electron chi connectivity index (χ3n) is 4.20. The summed E-state index contributed by atoms with van der Waals surface area (Å²) in [4.78, 5) is 10.6. The second-order valence-corrected chi connectivity index (χ2v) is 5.40. The molecule has 0 heterocycles. The van der Waals surface area contributed by atoms with Crippen LogP contribution in [-0.2, 0) is 0 Å². The average Bonchev–Trinajstić information content (AvgIpc) is 2.90. The Balaban J connectivity index is 2.05. The molecular formula is C14H21NO3. The van der Waals surface area contributed by atoms with Crippen LogP contribution in [-0.4, -0.2) is 22.7 Å². The molecule has 0 radical (unpaired) electrons. The molecule has 4 nitrogen and oxygen atoms in total. The summed E-state index contributed by atoms with van der Waals surface area (Å²) < 4.78 is 0. The van der Waals surface area contributed by atoms with Crippen LogP contribution in [0.4, 0.5) is 0 Å². The van der Waals surface area contributed by atoms with Gasteiger partial charge in [0.25, 0.3) is 0 Å². The predicted octanol–water partition coefficient (Wildman–Crippen LogP) is 2.71. The molecule has 2 atom stereocenters. The molecule has 0 bridgehead atoms. The van der Waals surface area contributed by atoms with E-state index in [0.29, 0.717) is 5.92 Å². The Hall–Kier alpha value is -1.16. The maximum atomic E-state index is 10.8. The van der Waals surface area contributed by atoms with E-state index in [1.165, 1.54) is 6.42 Å². The first-order chi connectivity index (χ1) is 8.68. The molecular weight excluding hydrogens is 230 g/mol. The predicted molar refractivity (Wildman–Crippen MR) is 69.8 cm³/mol. The molecule has 2 aliphatic carbocycles. The van der Waals surface area contributed by atoms with E-state index >= 15 is 0 Å². The van der Waals surface area contributed by atoms with Gasteiger partial charge in [-0.05, 0) is 30.8 Å². The third kappa shape index (κ3) is 3.19. The SMILES string of the molecule is O=[N+]([O-])C[C@H](C1CCCCC1)[C@@H](O)C1=CC=CC1. The number of allylic oxidation sites excluding steroid dienone is 3. The lowest BCUT2D eigenvalue weighted by Crippen LogP contribution is -2.35. The fourth-order valence-corrected chi connectivity index (χ4v) is 3.20. The minimum Gasteiger partial charge on any atom is -0.388 e. The fourth-order valence-electron chi connectivity index (χ4n) is 3.20. The molecule has 4 heteroatoms. The standard InChI is InChI=1S/C14H21NO3/c16-14(12-8-4-5-9-12)13(10-15(17)18)11-6-2-1-3-7-11/h4-5,8,11,13-14,16H,1-3,6-7,9-10H2/t13-,14+/m1/s1. The van der Waals surface area contributed by atoms with Gasteiger partial charge in [0.1, 0.15) is 0 Å². The summed E-state index contributed by atoms with van der Waals surface area (Å²) in [7, 11) is 0. The van der Waals surface area contributed by atoms with Crippen LogP contribution in [0.1, 0.15) is 38.5 Å². The summed E-state index contributed by atoms with van der Waals surface area (Å²) in [5.41, 5.74) is 0.937. The normalized spacial score (nSPS) is 23.7. The van der Waals surface area contributed by atoms with Gasteiger partial charge < -0.3 is 5.11 Å². The van der Waals surface area contributed by atoms with Crippen LogP contribution in [0.5, 0.6) is 0 Å². The average molecular weight is 251 g/mol. The Bertz CT molecular complexity index is 356. The number of nitro groups is 1. The molecule has 0 aromatic heterocycles. The van der Waals surface area contributed by atoms with Crippen molar-refractivity contribution in [3.63, 3.8) is 0 Å². The van der Waals surface area contributed by atoms with E-state index in [9.17, 15) is 15.2 Å². The topological polar surface area (TPSA) is 63.4 Å². The van der Waals surface area contributed by atoms with E-state index in [1.807, 2.05) is 18.2 Å². The van der Waals surface area contributed by atoms with Gasteiger partial charge in [-0.1, -0.05) is 37.5 Å². The van der Waals surface area contributed by atoms with Gasteiger partial charge in [0.05, 0.1) is 12.0 Å². The number of aliphatic hydroxyl groups is 1. The molecule has 0 aromatic carbocycles. The van der Waals surface area contributed by atoms with Gasteiger partial charge in [-0.25, -0.2) is 0 Å². The maximum Gasteiger partial charge on any atom is 0.209 e. The van der Waals surface area contributed by atoms with Crippen molar-refractivity contribution in [2.45, 2.75) is 44.6 Å². The molecule has 1 saturated carbocycles. The zero-order chi connectivity index (χ0) is 13.0. The first kappa shape index (κ1) is 13.3. The summed E-state index contributed by atoms with van der Waals surface area (Å²) in [5.74, 6) is 0.0899. The van der Waals surface area contributed by atoms with Crippen molar-refractivity contribution in [2.75, 3.05) is 6.54 Å². The zero-order valence-corrected chi connectivity index (χ0v) is 10.6. The third-order valence-corrected chi connectivity index (χ3v) is 4.20. The van der Waals surface area contributed by atoms with Crippen LogP contribution < -0.4 is 0 Å². The summed E-state index contributed by atoms with van der Waals surface area (Å²) >= 11 is 0. The summed E-state index contributed by atoms with van der Waals surface area (Å²) in [5, 5.41) is 21.2. The van der Waals surface area contributed by atoms with Crippen LogP contribution >= 0.6 is 0 Å². The molecule has 0 spiro atoms. The van der Waals surface area contributed by atoms with Gasteiger partial charge in [-0.15, -0.1) is 0 Å². The van der Waals surface area contributed by atoms with Gasteiger partial charge in [0, 0.05) is 4.92 Å². The Labute approximate surface area is 108 Å². The van der Waals surface area contributed by atoms with Crippen molar-refractivity contribution in [1.29, 1.82) is 0 Å². The molecule has 2 aliphatic rings. The lowest BCUT2D eigenvalue weighted by Gasteiger charge is -2.31. The molecule has 2 rings (SSSR count). The van der Waals surface area contributed by atoms with Crippen molar-refractivity contribution in [2.24, 2.45) is 11.8 Å². The molecule has 0 amide bonds. The van der Waals surface area contributed by atoms with E-state index in [2.05, 4.69) is 0 Å². The fraction of sp³-hybridized carbons (Fsp3) is 0.714. The summed E-state index contributed by atoms with van der Waals surface area (Å²) in [6.07, 6.45) is 11.5. The first-order valence-corrected chi connectivity index (χ1v) is 6.84. The molecule has 18 heavy (non-hydrogen) atoms. The van der Waals surface area contributed by atoms with E-state index in [-0.39, 0.29) is 17.4 Å². The highest BCUT2D eigenvalue weighted by Gasteiger charge is 2.35. The van der Waals surface area contributed by atoms with Crippen LogP contribution in [0.3, 0.4) is 0 Å². The van der Waals surface area contributed by atoms with E-state index in [0.717, 1.165) is 37.7 Å². The molecule has 0 aromatic rings. The monoisotopic (exact) mass is 251 g/mol. The van der Waals surface area contributed by atoms with E-state index in [1.54, 1.807) is 0 Å². The second kappa shape index (κ2) is 6.14. The number of rotatable bonds is 5. The van der Waals surface area contributed by atoms with Crippen LogP contribution in [0.15, 0.2) is 23.8 Å². The molecule has 100 valence electrons. The highest BCUT2D eigenvalue weighted by molar-refractivity contribution is 5.26. The molecule has 1 N–H and O–H groups in total. The Morgan fingerprint density at radius 1 is 1.39 bits per heavy atom. The van der Waals surface area contributed by atoms with Crippen LogP contribution in [0.2, 0.25) is 0 Å². The Kier molecular flexibility index (Phi) is 4.53. The first-order valence-electron chi connectivity index (χ1n) is 6.84. The zero-order valence-electron chi connectivity index (χ0n) is 10.6. The largest absolute Gasteiger partial charge is 0.388 e. The molecule has 0 aliphatic heterocycles. The van der Waals surface area contributed by atoms with Crippen LogP contribution in [0, 0.1) is 22.0 Å². The lowest BCUT2D eigenvalue weighted by atomic mass is 9.75. The molecule has 1 fully saturated rings. The Morgan fingerprint density at radius 2 is 2.11 bits per heavy atom. The van der Waals surface area contributed by atoms with Crippen LogP contribution in [0.25, 0.3) is 0 Å². The highest BCUT2D eigenvalue weighted by Crippen LogP contribution is 2.35. The lowest BCUT2D eigenvalue weighted by molar-refractivity contribution is -0.492. The van der Waals surface area contributed by atoms with Gasteiger partial charge >= 0.3 is 0 Å². The van der Waals surface area contributed by atoms with E-state index < -0.39 is 6.10 Å². The number of hydrogen-bond donors (Lipinski definition) is 1. The van der Waals surface area contributed by atoms with Crippen molar-refractivity contribution >= 4 is 0 Å². The van der Waals surface area contributed by atoms with Crippen molar-refractivity contribution in [3.05, 3.63) is 33.9 Å². The highest BCUT2D eigenvalue weighted by atomic mass is 16.6. The minimum absolute atomic E-state index is 0.108. The van der Waals surface area contributed by atoms with Crippen molar-refractivity contribution < 1.29 is 10.0 Å². The van der Waals surface area contributed by atoms with Gasteiger partial charge in [-0.2, -0.15) is 0 Å². The number of aliphatic hydroxyl groups excluding tert-OH is 1. The smallest absolute Gasteiger partial charge is 0.209 e. The summed E-state index contributed by atoms with van der Waals surface area (Å²) in [6.45, 7) is -0.108. The van der Waals surface area contributed by atoms with Crippen molar-refractivity contribution in [3.8, 4) is 0 Å². The van der Waals surface area contributed by atoms with Crippen molar-refractivity contribution in [1.82, 2.24) is 0 Å². The molecule has 0 saturated heterocycles. The quantitative estimate of drug-likeness (QED) is 0.603. The molecule has 0 unspecified atom stereocenters. The van der Waals surface area contributed by atoms with E-state index in [4.69, 9.17) is 0 Å². The minimum atomic E-state index is -0.645. The maximum absolute atomic E-state index is 10.8. The second-order valence-electron chi connectivity index (χ2n) is 5.40. The summed E-state index contributed by atoms with van der Waals surface area (Å²) in [6, 6.07) is 0. The number of nitrogens with zero attached hydrogens (tertiary/aromatic N) is 1. The number of hydrogen-bond acceptors (Lipinski definition) is 3. The van der Waals surface area contributed by atoms with Gasteiger partial charge in [0.2, 0.25) is 6.54 Å². The van der Waals surface area contributed by atoms with Gasteiger partial charge in [0.15, 0.2) is 0 Å². The Morgan fingerprint density at radius 3 is 2.67 bits per heavy atom.